The third kappa shape index (κ3) is 2.93. The zero-order valence-electron chi connectivity index (χ0n) is 13.1. The number of hydrogen-bond acceptors (Lipinski definition) is 4. The van der Waals surface area contributed by atoms with Crippen molar-refractivity contribution in [2.45, 2.75) is 32.4 Å². The normalized spacial score (nSPS) is 22.0. The smallest absolute Gasteiger partial charge is 0.408 e. The Morgan fingerprint density at radius 2 is 2.04 bits per heavy atom. The minimum atomic E-state index is -0.311. The largest absolute Gasteiger partial charge is 0.421 e. The lowest BCUT2D eigenvalue weighted by atomic mass is 9.74. The number of nitrogens with zero attached hydrogens (tertiary/aromatic N) is 2. The summed E-state index contributed by atoms with van der Waals surface area (Å²) >= 11 is 6.07. The molecule has 0 N–H and O–H groups in total. The van der Waals surface area contributed by atoms with Crippen molar-refractivity contribution in [2.75, 3.05) is 26.3 Å². The van der Waals surface area contributed by atoms with Gasteiger partial charge in [-0.25, -0.2) is 4.79 Å². The van der Waals surface area contributed by atoms with Crippen LogP contribution in [0.1, 0.15) is 25.7 Å². The molecule has 2 aliphatic heterocycles. The van der Waals surface area contributed by atoms with E-state index in [9.17, 15) is 4.79 Å². The van der Waals surface area contributed by atoms with Crippen molar-refractivity contribution in [2.24, 2.45) is 5.41 Å². The number of oxazole rings is 1. The molecule has 2 saturated heterocycles. The van der Waals surface area contributed by atoms with Gasteiger partial charge in [0.25, 0.3) is 0 Å². The standard InChI is InChI=1S/C17H21ClN2O3/c18-13-2-3-15-14(10-13)20(16(21)23-15)12-19-7-1-4-17(11-19)5-8-22-9-6-17/h2-3,10H,1,4-9,11-12H2. The van der Waals surface area contributed by atoms with Gasteiger partial charge in [0, 0.05) is 24.8 Å². The summed E-state index contributed by atoms with van der Waals surface area (Å²) < 4.78 is 12.6. The molecule has 2 aromatic rings. The molecule has 0 aliphatic carbocycles. The minimum Gasteiger partial charge on any atom is -0.408 e. The predicted octanol–water partition coefficient (Wildman–Crippen LogP) is 3.10. The number of fused-ring (bicyclic) bond motifs is 1. The molecule has 1 aromatic heterocycles. The van der Waals surface area contributed by atoms with E-state index < -0.39 is 0 Å². The quantitative estimate of drug-likeness (QED) is 0.845. The topological polar surface area (TPSA) is 47.6 Å². The van der Waals surface area contributed by atoms with Crippen LogP contribution in [0.4, 0.5) is 0 Å². The van der Waals surface area contributed by atoms with Gasteiger partial charge in [-0.1, -0.05) is 11.6 Å². The molecular weight excluding hydrogens is 316 g/mol. The van der Waals surface area contributed by atoms with Crippen molar-refractivity contribution in [1.82, 2.24) is 9.47 Å². The second-order valence-electron chi connectivity index (χ2n) is 6.82. The van der Waals surface area contributed by atoms with Gasteiger partial charge in [0.2, 0.25) is 0 Å². The van der Waals surface area contributed by atoms with E-state index in [4.69, 9.17) is 20.8 Å². The molecule has 0 amide bonds. The number of rotatable bonds is 2. The third-order valence-electron chi connectivity index (χ3n) is 5.26. The highest BCUT2D eigenvalue weighted by atomic mass is 35.5. The van der Waals surface area contributed by atoms with Crippen LogP contribution in [0.5, 0.6) is 0 Å². The molecule has 0 bridgehead atoms. The van der Waals surface area contributed by atoms with Gasteiger partial charge in [-0.05, 0) is 55.8 Å². The Hall–Kier alpha value is -1.30. The summed E-state index contributed by atoms with van der Waals surface area (Å²) in [5, 5.41) is 0.617. The molecule has 3 heterocycles. The van der Waals surface area contributed by atoms with Crippen LogP contribution in [-0.4, -0.2) is 35.8 Å². The number of benzene rings is 1. The zero-order chi connectivity index (χ0) is 15.9. The maximum Gasteiger partial charge on any atom is 0.421 e. The molecule has 2 aliphatic rings. The lowest BCUT2D eigenvalue weighted by Gasteiger charge is -2.45. The van der Waals surface area contributed by atoms with Gasteiger partial charge < -0.3 is 9.15 Å². The Morgan fingerprint density at radius 3 is 2.87 bits per heavy atom. The first kappa shape index (κ1) is 15.2. The molecule has 1 aromatic carbocycles. The number of aromatic nitrogens is 1. The van der Waals surface area contributed by atoms with E-state index in [-0.39, 0.29) is 5.76 Å². The van der Waals surface area contributed by atoms with Crippen LogP contribution in [-0.2, 0) is 11.4 Å². The Morgan fingerprint density at radius 1 is 1.22 bits per heavy atom. The summed E-state index contributed by atoms with van der Waals surface area (Å²) in [6, 6.07) is 5.30. The van der Waals surface area contributed by atoms with Crippen LogP contribution in [0.2, 0.25) is 5.02 Å². The average molecular weight is 337 g/mol. The molecule has 0 unspecified atom stereocenters. The van der Waals surface area contributed by atoms with Crippen molar-refractivity contribution in [3.63, 3.8) is 0 Å². The molecule has 1 spiro atoms. The van der Waals surface area contributed by atoms with Gasteiger partial charge in [0.15, 0.2) is 5.58 Å². The fourth-order valence-electron chi connectivity index (χ4n) is 4.01. The predicted molar refractivity (Wildman–Crippen MR) is 88.8 cm³/mol. The maximum atomic E-state index is 12.2. The average Bonchev–Trinajstić information content (AvgIpc) is 2.84. The Labute approximate surface area is 139 Å². The van der Waals surface area contributed by atoms with Gasteiger partial charge in [-0.3, -0.25) is 9.47 Å². The summed E-state index contributed by atoms with van der Waals surface area (Å²) in [7, 11) is 0. The number of piperidine rings is 1. The lowest BCUT2D eigenvalue weighted by Crippen LogP contribution is -2.47. The third-order valence-corrected chi connectivity index (χ3v) is 5.50. The van der Waals surface area contributed by atoms with Crippen LogP contribution in [0.25, 0.3) is 11.1 Å². The van der Waals surface area contributed by atoms with E-state index >= 15 is 0 Å². The van der Waals surface area contributed by atoms with Crippen molar-refractivity contribution < 1.29 is 9.15 Å². The van der Waals surface area contributed by atoms with Gasteiger partial charge in [0.1, 0.15) is 0 Å². The fraction of sp³-hybridized carbons (Fsp3) is 0.588. The van der Waals surface area contributed by atoms with Crippen molar-refractivity contribution in [3.8, 4) is 0 Å². The molecule has 0 radical (unpaired) electrons. The molecule has 5 nitrogen and oxygen atoms in total. The molecular formula is C17H21ClN2O3. The minimum absolute atomic E-state index is 0.311. The van der Waals surface area contributed by atoms with Gasteiger partial charge >= 0.3 is 5.76 Å². The van der Waals surface area contributed by atoms with E-state index in [0.717, 1.165) is 44.7 Å². The summed E-state index contributed by atoms with van der Waals surface area (Å²) in [5.74, 6) is -0.311. The number of halogens is 1. The van der Waals surface area contributed by atoms with Crippen LogP contribution in [0.3, 0.4) is 0 Å². The van der Waals surface area contributed by atoms with E-state index in [1.807, 2.05) is 0 Å². The molecule has 6 heteroatoms. The van der Waals surface area contributed by atoms with Crippen LogP contribution >= 0.6 is 11.6 Å². The first-order valence-corrected chi connectivity index (χ1v) is 8.62. The molecule has 4 rings (SSSR count). The second-order valence-corrected chi connectivity index (χ2v) is 7.25. The van der Waals surface area contributed by atoms with Crippen molar-refractivity contribution in [3.05, 3.63) is 33.8 Å². The lowest BCUT2D eigenvalue weighted by molar-refractivity contribution is -0.0342. The van der Waals surface area contributed by atoms with E-state index in [0.29, 0.717) is 22.7 Å². The summed E-state index contributed by atoms with van der Waals surface area (Å²) in [6.07, 6.45) is 4.68. The van der Waals surface area contributed by atoms with Crippen LogP contribution in [0, 0.1) is 5.41 Å². The van der Waals surface area contributed by atoms with E-state index in [2.05, 4.69) is 4.90 Å². The molecule has 2 fully saturated rings. The number of hydrogen-bond donors (Lipinski definition) is 0. The summed E-state index contributed by atoms with van der Waals surface area (Å²) in [4.78, 5) is 14.6. The monoisotopic (exact) mass is 336 g/mol. The molecule has 0 saturated carbocycles. The number of ether oxygens (including phenoxy) is 1. The maximum absolute atomic E-state index is 12.2. The first-order valence-electron chi connectivity index (χ1n) is 8.24. The van der Waals surface area contributed by atoms with Crippen LogP contribution in [0.15, 0.2) is 27.4 Å². The van der Waals surface area contributed by atoms with Gasteiger partial charge in [0.05, 0.1) is 12.2 Å². The molecule has 0 atom stereocenters. The molecule has 23 heavy (non-hydrogen) atoms. The SMILES string of the molecule is O=c1oc2ccc(Cl)cc2n1CN1CCCC2(CCOCC2)C1. The summed E-state index contributed by atoms with van der Waals surface area (Å²) in [6.45, 7) is 4.32. The second kappa shape index (κ2) is 5.96. The Kier molecular flexibility index (Phi) is 3.95. The first-order chi connectivity index (χ1) is 11.2. The highest BCUT2D eigenvalue weighted by molar-refractivity contribution is 6.31. The summed E-state index contributed by atoms with van der Waals surface area (Å²) in [5.41, 5.74) is 1.73. The molecule has 124 valence electrons. The Balaban J connectivity index is 1.59. The highest BCUT2D eigenvalue weighted by Gasteiger charge is 2.37. The van der Waals surface area contributed by atoms with Gasteiger partial charge in [-0.2, -0.15) is 0 Å². The zero-order valence-corrected chi connectivity index (χ0v) is 13.8. The van der Waals surface area contributed by atoms with E-state index in [1.165, 1.54) is 12.8 Å². The van der Waals surface area contributed by atoms with Gasteiger partial charge in [-0.15, -0.1) is 0 Å². The van der Waals surface area contributed by atoms with Crippen LogP contribution < -0.4 is 5.76 Å². The fourth-order valence-corrected chi connectivity index (χ4v) is 4.18. The Bertz CT molecular complexity index is 755. The number of likely N-dealkylation sites (tertiary alicyclic amines) is 1. The highest BCUT2D eigenvalue weighted by Crippen LogP contribution is 2.39. The van der Waals surface area contributed by atoms with Crippen molar-refractivity contribution >= 4 is 22.7 Å². The van der Waals surface area contributed by atoms with E-state index in [1.54, 1.807) is 22.8 Å². The van der Waals surface area contributed by atoms with Crippen molar-refractivity contribution in [1.29, 1.82) is 0 Å².